The molecule has 7 nitrogen and oxygen atoms in total. The summed E-state index contributed by atoms with van der Waals surface area (Å²) in [7, 11) is 0. The third-order valence-corrected chi connectivity index (χ3v) is 4.96. The van der Waals surface area contributed by atoms with E-state index in [0.717, 1.165) is 26.1 Å². The van der Waals surface area contributed by atoms with E-state index >= 15 is 0 Å². The highest BCUT2D eigenvalue weighted by molar-refractivity contribution is 7.09. The number of rotatable bonds is 4. The van der Waals surface area contributed by atoms with Gasteiger partial charge in [-0.15, -0.1) is 11.3 Å². The van der Waals surface area contributed by atoms with Crippen LogP contribution >= 0.6 is 11.3 Å². The van der Waals surface area contributed by atoms with Crippen LogP contribution in [-0.4, -0.2) is 51.4 Å². The Bertz CT molecular complexity index is 796. The van der Waals surface area contributed by atoms with Crippen molar-refractivity contribution in [2.45, 2.75) is 19.5 Å². The number of hydrogen-bond acceptors (Lipinski definition) is 5. The maximum Gasteiger partial charge on any atom is 0.328 e. The molecular weight excluding hydrogens is 328 g/mol. The predicted molar refractivity (Wildman–Crippen MR) is 92.1 cm³/mol. The molecular formula is C16H20N4O3S. The minimum Gasteiger partial charge on any atom is -0.340 e. The summed E-state index contributed by atoms with van der Waals surface area (Å²) >= 11 is 1.75. The van der Waals surface area contributed by atoms with E-state index in [-0.39, 0.29) is 12.5 Å². The van der Waals surface area contributed by atoms with Crippen molar-refractivity contribution in [3.63, 3.8) is 0 Å². The first-order valence-electron chi connectivity index (χ1n) is 7.94. The van der Waals surface area contributed by atoms with Crippen molar-refractivity contribution >= 4 is 17.2 Å². The lowest BCUT2D eigenvalue weighted by atomic mass is 10.3. The van der Waals surface area contributed by atoms with Gasteiger partial charge in [-0.3, -0.25) is 24.0 Å². The van der Waals surface area contributed by atoms with Crippen LogP contribution in [-0.2, 0) is 17.9 Å². The third kappa shape index (κ3) is 4.21. The second-order valence-electron chi connectivity index (χ2n) is 5.83. The molecule has 1 saturated heterocycles. The number of nitrogens with zero attached hydrogens (tertiary/aromatic N) is 3. The summed E-state index contributed by atoms with van der Waals surface area (Å²) < 4.78 is 1.23. The Morgan fingerprint density at radius 1 is 1.17 bits per heavy atom. The molecule has 0 aliphatic carbocycles. The summed E-state index contributed by atoms with van der Waals surface area (Å²) in [5.41, 5.74) is -1.01. The monoisotopic (exact) mass is 348 g/mol. The number of carbonyl (C=O) groups is 1. The van der Waals surface area contributed by atoms with Crippen LogP contribution in [0.25, 0.3) is 0 Å². The van der Waals surface area contributed by atoms with Gasteiger partial charge in [-0.25, -0.2) is 4.79 Å². The Kier molecular flexibility index (Phi) is 5.27. The Hall–Kier alpha value is -2.19. The molecule has 0 spiro atoms. The van der Waals surface area contributed by atoms with Crippen molar-refractivity contribution in [1.82, 2.24) is 19.4 Å². The van der Waals surface area contributed by atoms with E-state index in [0.29, 0.717) is 13.1 Å². The maximum absolute atomic E-state index is 12.4. The first-order chi connectivity index (χ1) is 11.6. The zero-order valence-corrected chi connectivity index (χ0v) is 14.1. The SMILES string of the molecule is O=C(Cn1ccc(=O)[nH]c1=O)N1CCCN(Cc2cccs2)CC1. The maximum atomic E-state index is 12.4. The summed E-state index contributed by atoms with van der Waals surface area (Å²) in [6.07, 6.45) is 2.28. The molecule has 1 aliphatic heterocycles. The van der Waals surface area contributed by atoms with Crippen LogP contribution in [0.2, 0.25) is 0 Å². The van der Waals surface area contributed by atoms with Gasteiger partial charge in [0.2, 0.25) is 5.91 Å². The number of carbonyl (C=O) groups excluding carboxylic acids is 1. The van der Waals surface area contributed by atoms with Gasteiger partial charge < -0.3 is 4.90 Å². The quantitative estimate of drug-likeness (QED) is 0.864. The molecule has 0 bridgehead atoms. The molecule has 1 amide bonds. The fourth-order valence-corrected chi connectivity index (χ4v) is 3.56. The molecule has 128 valence electrons. The van der Waals surface area contributed by atoms with Crippen LogP contribution in [0.15, 0.2) is 39.4 Å². The number of hydrogen-bond donors (Lipinski definition) is 1. The van der Waals surface area contributed by atoms with Gasteiger partial charge in [-0.1, -0.05) is 6.07 Å². The van der Waals surface area contributed by atoms with Crippen LogP contribution < -0.4 is 11.2 Å². The summed E-state index contributed by atoms with van der Waals surface area (Å²) in [5.74, 6) is -0.0953. The van der Waals surface area contributed by atoms with E-state index in [1.165, 1.54) is 21.7 Å². The Balaban J connectivity index is 1.58. The fraction of sp³-hybridized carbons (Fsp3) is 0.438. The number of amides is 1. The summed E-state index contributed by atoms with van der Waals surface area (Å²) in [4.78, 5) is 42.8. The lowest BCUT2D eigenvalue weighted by molar-refractivity contribution is -0.131. The van der Waals surface area contributed by atoms with Crippen molar-refractivity contribution in [3.05, 3.63) is 55.5 Å². The molecule has 8 heteroatoms. The molecule has 0 unspecified atom stereocenters. The van der Waals surface area contributed by atoms with Crippen LogP contribution in [0.4, 0.5) is 0 Å². The highest BCUT2D eigenvalue weighted by Crippen LogP contribution is 2.13. The van der Waals surface area contributed by atoms with E-state index in [2.05, 4.69) is 27.4 Å². The van der Waals surface area contributed by atoms with Crippen LogP contribution in [0.5, 0.6) is 0 Å². The van der Waals surface area contributed by atoms with Gasteiger partial charge in [0.25, 0.3) is 5.56 Å². The average Bonchev–Trinajstić information content (AvgIpc) is 2.94. The number of aromatic nitrogens is 2. The van der Waals surface area contributed by atoms with Crippen molar-refractivity contribution in [1.29, 1.82) is 0 Å². The first kappa shape index (κ1) is 16.7. The second-order valence-corrected chi connectivity index (χ2v) is 6.86. The largest absolute Gasteiger partial charge is 0.340 e. The molecule has 0 saturated carbocycles. The number of thiophene rings is 1. The lowest BCUT2D eigenvalue weighted by Crippen LogP contribution is -2.40. The minimum absolute atomic E-state index is 0.0411. The molecule has 2 aromatic heterocycles. The van der Waals surface area contributed by atoms with E-state index in [1.54, 1.807) is 16.2 Å². The first-order valence-corrected chi connectivity index (χ1v) is 8.82. The van der Waals surface area contributed by atoms with Gasteiger partial charge in [0.1, 0.15) is 6.54 Å². The number of H-pyrrole nitrogens is 1. The van der Waals surface area contributed by atoms with E-state index in [1.807, 2.05) is 0 Å². The molecule has 3 heterocycles. The van der Waals surface area contributed by atoms with Gasteiger partial charge in [0.05, 0.1) is 0 Å². The minimum atomic E-state index is -0.551. The summed E-state index contributed by atoms with van der Waals surface area (Å²) in [6, 6.07) is 5.43. The van der Waals surface area contributed by atoms with Crippen LogP contribution in [0.1, 0.15) is 11.3 Å². The average molecular weight is 348 g/mol. The Labute approximate surface area is 143 Å². The van der Waals surface area contributed by atoms with Gasteiger partial charge in [0, 0.05) is 49.9 Å². The van der Waals surface area contributed by atoms with Gasteiger partial charge in [0.15, 0.2) is 0 Å². The third-order valence-electron chi connectivity index (χ3n) is 4.10. The zero-order valence-electron chi connectivity index (χ0n) is 13.3. The van der Waals surface area contributed by atoms with Gasteiger partial charge in [-0.05, 0) is 17.9 Å². The molecule has 0 radical (unpaired) electrons. The van der Waals surface area contributed by atoms with Crippen LogP contribution in [0.3, 0.4) is 0 Å². The predicted octanol–water partition coefficient (Wildman–Crippen LogP) is 0.333. The smallest absolute Gasteiger partial charge is 0.328 e. The molecule has 0 atom stereocenters. The molecule has 0 aromatic carbocycles. The van der Waals surface area contributed by atoms with Gasteiger partial charge >= 0.3 is 5.69 Å². The normalized spacial score (nSPS) is 16.1. The standard InChI is InChI=1S/C16H20N4O3S/c21-14-4-7-20(16(23)17-14)12-15(22)19-6-2-5-18(8-9-19)11-13-3-1-10-24-13/h1,3-4,7,10H,2,5-6,8-9,11-12H2,(H,17,21,23). The number of aromatic amines is 1. The Morgan fingerprint density at radius 2 is 2.04 bits per heavy atom. The highest BCUT2D eigenvalue weighted by Gasteiger charge is 2.19. The summed E-state index contributed by atoms with van der Waals surface area (Å²) in [5, 5.41) is 2.07. The van der Waals surface area contributed by atoms with Crippen molar-refractivity contribution in [3.8, 4) is 0 Å². The van der Waals surface area contributed by atoms with E-state index in [4.69, 9.17) is 0 Å². The molecule has 3 rings (SSSR count). The van der Waals surface area contributed by atoms with Crippen molar-refractivity contribution < 1.29 is 4.79 Å². The Morgan fingerprint density at radius 3 is 2.79 bits per heavy atom. The molecule has 24 heavy (non-hydrogen) atoms. The van der Waals surface area contributed by atoms with E-state index in [9.17, 15) is 14.4 Å². The number of nitrogens with one attached hydrogen (secondary N) is 1. The topological polar surface area (TPSA) is 78.4 Å². The van der Waals surface area contributed by atoms with Crippen LogP contribution in [0, 0.1) is 0 Å². The van der Waals surface area contributed by atoms with E-state index < -0.39 is 11.2 Å². The molecule has 1 fully saturated rings. The van der Waals surface area contributed by atoms with Crippen molar-refractivity contribution in [2.24, 2.45) is 0 Å². The molecule has 1 aliphatic rings. The molecule has 1 N–H and O–H groups in total. The van der Waals surface area contributed by atoms with Gasteiger partial charge in [-0.2, -0.15) is 0 Å². The molecule has 2 aromatic rings. The lowest BCUT2D eigenvalue weighted by Gasteiger charge is -2.22. The summed E-state index contributed by atoms with van der Waals surface area (Å²) in [6.45, 7) is 4.00. The zero-order chi connectivity index (χ0) is 16.9. The second kappa shape index (κ2) is 7.59. The fourth-order valence-electron chi connectivity index (χ4n) is 2.82. The van der Waals surface area contributed by atoms with Crippen molar-refractivity contribution in [2.75, 3.05) is 26.2 Å². The highest BCUT2D eigenvalue weighted by atomic mass is 32.1.